The Bertz CT molecular complexity index is 353. The summed E-state index contributed by atoms with van der Waals surface area (Å²) in [5, 5.41) is 1.17. The Morgan fingerprint density at radius 1 is 1.00 bits per heavy atom. The standard InChI is InChI=1S/C14H19Cl2/c1-13(2,3)9-14(4,5)10-6-11(15)8-12(16)7-10/h6-7H,9H2,1-5H3. The number of rotatable bonds is 2. The predicted molar refractivity (Wildman–Crippen MR) is 72.4 cm³/mol. The highest BCUT2D eigenvalue weighted by atomic mass is 35.5. The summed E-state index contributed by atoms with van der Waals surface area (Å²) in [4.78, 5) is 0. The Morgan fingerprint density at radius 2 is 1.44 bits per heavy atom. The maximum atomic E-state index is 5.99. The SMILES string of the molecule is CC(C)(C)CC(C)(C)c1cc(Cl)[c]c(Cl)c1. The van der Waals surface area contributed by atoms with Crippen molar-refractivity contribution in [2.75, 3.05) is 0 Å². The van der Waals surface area contributed by atoms with Gasteiger partial charge in [-0.2, -0.15) is 0 Å². The normalized spacial score (nSPS) is 12.9. The van der Waals surface area contributed by atoms with E-state index in [-0.39, 0.29) is 10.8 Å². The minimum absolute atomic E-state index is 0.0701. The molecular weight excluding hydrogens is 239 g/mol. The lowest BCUT2D eigenvalue weighted by molar-refractivity contribution is 0.284. The highest BCUT2D eigenvalue weighted by Crippen LogP contribution is 2.37. The number of halogens is 2. The van der Waals surface area contributed by atoms with Gasteiger partial charge in [-0.15, -0.1) is 0 Å². The fourth-order valence-electron chi connectivity index (χ4n) is 2.32. The van der Waals surface area contributed by atoms with Gasteiger partial charge in [0.15, 0.2) is 0 Å². The van der Waals surface area contributed by atoms with Crippen molar-refractivity contribution in [3.8, 4) is 0 Å². The van der Waals surface area contributed by atoms with E-state index in [0.29, 0.717) is 10.0 Å². The monoisotopic (exact) mass is 257 g/mol. The Morgan fingerprint density at radius 3 is 1.81 bits per heavy atom. The number of hydrogen-bond donors (Lipinski definition) is 0. The molecule has 1 aromatic carbocycles. The summed E-state index contributed by atoms with van der Waals surface area (Å²) in [5.41, 5.74) is 1.53. The molecule has 0 aliphatic rings. The van der Waals surface area contributed by atoms with Crippen molar-refractivity contribution >= 4 is 23.2 Å². The molecule has 1 radical (unpaired) electrons. The zero-order chi connectivity index (χ0) is 12.6. The van der Waals surface area contributed by atoms with Gasteiger partial charge >= 0.3 is 0 Å². The largest absolute Gasteiger partial charge is 0.0836 e. The molecule has 0 saturated carbocycles. The third-order valence-corrected chi connectivity index (χ3v) is 2.96. The van der Waals surface area contributed by atoms with Crippen molar-refractivity contribution in [2.24, 2.45) is 5.41 Å². The van der Waals surface area contributed by atoms with Crippen molar-refractivity contribution < 1.29 is 0 Å². The molecule has 0 N–H and O–H groups in total. The van der Waals surface area contributed by atoms with Gasteiger partial charge in [0, 0.05) is 6.07 Å². The molecule has 0 aliphatic heterocycles. The van der Waals surface area contributed by atoms with Crippen LogP contribution < -0.4 is 0 Å². The Labute approximate surface area is 109 Å². The van der Waals surface area contributed by atoms with E-state index in [0.717, 1.165) is 6.42 Å². The average Bonchev–Trinajstić information content (AvgIpc) is 1.96. The van der Waals surface area contributed by atoms with Crippen LogP contribution in [-0.4, -0.2) is 0 Å². The second kappa shape index (κ2) is 4.58. The van der Waals surface area contributed by atoms with E-state index in [1.54, 1.807) is 0 Å². The maximum Gasteiger partial charge on any atom is 0.0503 e. The van der Waals surface area contributed by atoms with Crippen LogP contribution >= 0.6 is 23.2 Å². The average molecular weight is 258 g/mol. The van der Waals surface area contributed by atoms with E-state index >= 15 is 0 Å². The molecule has 0 bridgehead atoms. The van der Waals surface area contributed by atoms with E-state index in [9.17, 15) is 0 Å². The molecular formula is C14H19Cl2. The summed E-state index contributed by atoms with van der Waals surface area (Å²) < 4.78 is 0. The van der Waals surface area contributed by atoms with Crippen molar-refractivity contribution in [1.29, 1.82) is 0 Å². The molecule has 0 aliphatic carbocycles. The fourth-order valence-corrected chi connectivity index (χ4v) is 2.81. The zero-order valence-electron chi connectivity index (χ0n) is 10.6. The lowest BCUT2D eigenvalue weighted by Crippen LogP contribution is -2.24. The molecule has 0 fully saturated rings. The molecule has 16 heavy (non-hydrogen) atoms. The maximum absolute atomic E-state index is 5.99. The molecule has 0 amide bonds. The first-order valence-corrected chi connectivity index (χ1v) is 6.25. The smallest absolute Gasteiger partial charge is 0.0503 e. The number of hydrogen-bond acceptors (Lipinski definition) is 0. The fraction of sp³-hybridized carbons (Fsp3) is 0.571. The number of benzene rings is 1. The first-order chi connectivity index (χ1) is 7.10. The first-order valence-electron chi connectivity index (χ1n) is 5.49. The van der Waals surface area contributed by atoms with E-state index in [1.165, 1.54) is 5.56 Å². The molecule has 0 nitrogen and oxygen atoms in total. The van der Waals surface area contributed by atoms with Crippen molar-refractivity contribution in [3.63, 3.8) is 0 Å². The van der Waals surface area contributed by atoms with Crippen molar-refractivity contribution in [1.82, 2.24) is 0 Å². The van der Waals surface area contributed by atoms with Crippen LogP contribution in [-0.2, 0) is 5.41 Å². The lowest BCUT2D eigenvalue weighted by Gasteiger charge is -2.33. The quantitative estimate of drug-likeness (QED) is 0.656. The van der Waals surface area contributed by atoms with Gasteiger partial charge in [-0.25, -0.2) is 0 Å². The molecule has 89 valence electrons. The van der Waals surface area contributed by atoms with Gasteiger partial charge < -0.3 is 0 Å². The molecule has 1 rings (SSSR count). The topological polar surface area (TPSA) is 0 Å². The predicted octanol–water partition coefficient (Wildman–Crippen LogP) is 5.51. The van der Waals surface area contributed by atoms with Gasteiger partial charge in [0.25, 0.3) is 0 Å². The minimum atomic E-state index is 0.0701. The Kier molecular flexibility index (Phi) is 3.97. The molecule has 0 heterocycles. The molecule has 0 spiro atoms. The van der Waals surface area contributed by atoms with Crippen molar-refractivity contribution in [2.45, 2.75) is 46.5 Å². The first kappa shape index (κ1) is 13.9. The van der Waals surface area contributed by atoms with Gasteiger partial charge in [-0.3, -0.25) is 0 Å². The van der Waals surface area contributed by atoms with Crippen LogP contribution in [0.3, 0.4) is 0 Å². The minimum Gasteiger partial charge on any atom is -0.0836 e. The summed E-state index contributed by atoms with van der Waals surface area (Å²) in [7, 11) is 0. The van der Waals surface area contributed by atoms with Gasteiger partial charge in [-0.1, -0.05) is 57.8 Å². The van der Waals surface area contributed by atoms with E-state index in [1.807, 2.05) is 12.1 Å². The molecule has 2 heteroatoms. The highest BCUT2D eigenvalue weighted by molar-refractivity contribution is 6.34. The van der Waals surface area contributed by atoms with Gasteiger partial charge in [0.05, 0.1) is 10.0 Å². The molecule has 1 aromatic rings. The van der Waals surface area contributed by atoms with Crippen LogP contribution in [0.15, 0.2) is 12.1 Å². The van der Waals surface area contributed by atoms with Crippen LogP contribution in [0.1, 0.15) is 46.6 Å². The summed E-state index contributed by atoms with van der Waals surface area (Å²) in [6.45, 7) is 11.2. The van der Waals surface area contributed by atoms with E-state index in [4.69, 9.17) is 23.2 Å². The Balaban J connectivity index is 3.06. The van der Waals surface area contributed by atoms with Crippen molar-refractivity contribution in [3.05, 3.63) is 33.8 Å². The van der Waals surface area contributed by atoms with Crippen LogP contribution in [0.4, 0.5) is 0 Å². The van der Waals surface area contributed by atoms with Crippen LogP contribution in [0.2, 0.25) is 10.0 Å². The van der Waals surface area contributed by atoms with Crippen LogP contribution in [0.5, 0.6) is 0 Å². The lowest BCUT2D eigenvalue weighted by atomic mass is 9.72. The molecule has 0 saturated heterocycles. The highest BCUT2D eigenvalue weighted by Gasteiger charge is 2.27. The van der Waals surface area contributed by atoms with Crippen LogP contribution in [0.25, 0.3) is 0 Å². The Hall–Kier alpha value is -0.200. The van der Waals surface area contributed by atoms with Gasteiger partial charge in [0.1, 0.15) is 0 Å². The van der Waals surface area contributed by atoms with E-state index < -0.39 is 0 Å². The molecule has 0 unspecified atom stereocenters. The second-order valence-corrected chi connectivity index (χ2v) is 7.00. The third kappa shape index (κ3) is 3.99. The van der Waals surface area contributed by atoms with Gasteiger partial charge in [0.2, 0.25) is 0 Å². The summed E-state index contributed by atoms with van der Waals surface area (Å²) in [6.07, 6.45) is 1.08. The van der Waals surface area contributed by atoms with E-state index in [2.05, 4.69) is 40.7 Å². The van der Waals surface area contributed by atoms with Gasteiger partial charge in [-0.05, 0) is 34.9 Å². The summed E-state index contributed by atoms with van der Waals surface area (Å²) in [5.74, 6) is 0. The molecule has 0 aromatic heterocycles. The third-order valence-electron chi connectivity index (χ3n) is 2.56. The summed E-state index contributed by atoms with van der Waals surface area (Å²) >= 11 is 12.0. The second-order valence-electron chi connectivity index (χ2n) is 6.19. The van der Waals surface area contributed by atoms with Crippen LogP contribution in [0, 0.1) is 11.5 Å². The zero-order valence-corrected chi connectivity index (χ0v) is 12.1. The summed E-state index contributed by atoms with van der Waals surface area (Å²) in [6, 6.07) is 6.79. The molecule has 0 atom stereocenters.